The predicted octanol–water partition coefficient (Wildman–Crippen LogP) is 2.69. The van der Waals surface area contributed by atoms with Gasteiger partial charge in [0.2, 0.25) is 0 Å². The normalized spacial score (nSPS) is 9.90. The number of carbonyl (C=O) groups is 1. The monoisotopic (exact) mass is 362 g/mol. The van der Waals surface area contributed by atoms with Gasteiger partial charge in [0.1, 0.15) is 6.26 Å². The van der Waals surface area contributed by atoms with Crippen LogP contribution in [0.1, 0.15) is 17.3 Å². The number of Topliss-reactive ketones (excluding diaryl/α,β-unsaturated/α-hetero) is 1. The maximum absolute atomic E-state index is 10.9. The lowest BCUT2D eigenvalue weighted by atomic mass is 10.2. The molecular formula is C6H4I2O2. The molecule has 0 bridgehead atoms. The summed E-state index contributed by atoms with van der Waals surface area (Å²) in [4.78, 5) is 10.9. The van der Waals surface area contributed by atoms with Crippen molar-refractivity contribution in [2.24, 2.45) is 0 Å². The summed E-state index contributed by atoms with van der Waals surface area (Å²) in [5.41, 5.74) is 0.696. The van der Waals surface area contributed by atoms with Gasteiger partial charge in [-0.2, -0.15) is 0 Å². The SMILES string of the molecule is CC(=O)c1c(I)coc1I. The maximum Gasteiger partial charge on any atom is 0.175 e. The molecule has 1 rings (SSSR count). The molecule has 0 fully saturated rings. The molecule has 0 aromatic carbocycles. The molecule has 0 spiro atoms. The highest BCUT2D eigenvalue weighted by atomic mass is 127. The van der Waals surface area contributed by atoms with E-state index in [9.17, 15) is 4.79 Å². The van der Waals surface area contributed by atoms with E-state index in [0.717, 1.165) is 3.57 Å². The van der Waals surface area contributed by atoms with Crippen LogP contribution < -0.4 is 0 Å². The minimum atomic E-state index is 0.0579. The van der Waals surface area contributed by atoms with Crippen LogP contribution in [-0.4, -0.2) is 5.78 Å². The summed E-state index contributed by atoms with van der Waals surface area (Å²) in [6, 6.07) is 0. The van der Waals surface area contributed by atoms with Crippen molar-refractivity contribution in [1.29, 1.82) is 0 Å². The van der Waals surface area contributed by atoms with Crippen LogP contribution in [0.15, 0.2) is 10.7 Å². The zero-order valence-electron chi connectivity index (χ0n) is 5.15. The first-order chi connectivity index (χ1) is 4.63. The fourth-order valence-corrected chi connectivity index (χ4v) is 2.69. The minimum absolute atomic E-state index is 0.0579. The van der Waals surface area contributed by atoms with E-state index in [4.69, 9.17) is 4.42 Å². The molecule has 0 radical (unpaired) electrons. The number of halogens is 2. The molecule has 0 atom stereocenters. The third-order valence-corrected chi connectivity index (χ3v) is 2.64. The van der Waals surface area contributed by atoms with Gasteiger partial charge in [0, 0.05) is 22.6 Å². The fourth-order valence-electron chi connectivity index (χ4n) is 0.622. The van der Waals surface area contributed by atoms with Crippen LogP contribution >= 0.6 is 45.2 Å². The van der Waals surface area contributed by atoms with Crippen LogP contribution in [0, 0.1) is 7.34 Å². The van der Waals surface area contributed by atoms with Crippen LogP contribution in [0.4, 0.5) is 0 Å². The van der Waals surface area contributed by atoms with Gasteiger partial charge in [-0.3, -0.25) is 4.79 Å². The van der Waals surface area contributed by atoms with Crippen molar-refractivity contribution in [2.45, 2.75) is 6.92 Å². The van der Waals surface area contributed by atoms with Crippen molar-refractivity contribution in [2.75, 3.05) is 0 Å². The molecule has 0 amide bonds. The Labute approximate surface area is 85.6 Å². The molecule has 10 heavy (non-hydrogen) atoms. The molecule has 2 nitrogen and oxygen atoms in total. The van der Waals surface area contributed by atoms with Gasteiger partial charge in [-0.1, -0.05) is 0 Å². The van der Waals surface area contributed by atoms with Crippen LogP contribution in [0.3, 0.4) is 0 Å². The number of furan rings is 1. The zero-order chi connectivity index (χ0) is 7.72. The van der Waals surface area contributed by atoms with Crippen LogP contribution in [-0.2, 0) is 0 Å². The molecule has 4 heteroatoms. The second kappa shape index (κ2) is 3.21. The van der Waals surface area contributed by atoms with Crippen LogP contribution in [0.25, 0.3) is 0 Å². The Morgan fingerprint density at radius 1 is 1.60 bits per heavy atom. The Morgan fingerprint density at radius 2 is 2.20 bits per heavy atom. The zero-order valence-corrected chi connectivity index (χ0v) is 9.46. The standard InChI is InChI=1S/C6H4I2O2/c1-3(9)5-4(7)2-10-6(5)8/h2H,1H3. The van der Waals surface area contributed by atoms with E-state index >= 15 is 0 Å². The average Bonchev–Trinajstić information content (AvgIpc) is 2.11. The Balaban J connectivity index is 3.23. The molecule has 0 aliphatic rings. The Morgan fingerprint density at radius 3 is 2.40 bits per heavy atom. The first-order valence-electron chi connectivity index (χ1n) is 2.56. The van der Waals surface area contributed by atoms with Crippen LogP contribution in [0.5, 0.6) is 0 Å². The third kappa shape index (κ3) is 1.52. The molecular weight excluding hydrogens is 358 g/mol. The number of hydrogen-bond donors (Lipinski definition) is 0. The van der Waals surface area contributed by atoms with Crippen LogP contribution in [0.2, 0.25) is 0 Å². The molecule has 0 saturated carbocycles. The van der Waals surface area contributed by atoms with E-state index in [0.29, 0.717) is 9.33 Å². The smallest absolute Gasteiger partial charge is 0.175 e. The Bertz CT molecular complexity index is 245. The summed E-state index contributed by atoms with van der Waals surface area (Å²) < 4.78 is 6.57. The Kier molecular flexibility index (Phi) is 2.73. The molecule has 54 valence electrons. The van der Waals surface area contributed by atoms with E-state index in [1.165, 1.54) is 6.92 Å². The van der Waals surface area contributed by atoms with Gasteiger partial charge < -0.3 is 4.42 Å². The van der Waals surface area contributed by atoms with Crippen molar-refractivity contribution in [3.05, 3.63) is 19.2 Å². The van der Waals surface area contributed by atoms with Gasteiger partial charge in [0.15, 0.2) is 9.55 Å². The summed E-state index contributed by atoms with van der Waals surface area (Å²) in [6.07, 6.45) is 1.58. The molecule has 0 unspecified atom stereocenters. The highest BCUT2D eigenvalue weighted by molar-refractivity contribution is 14.1. The number of ketones is 1. The van der Waals surface area contributed by atoms with Crippen molar-refractivity contribution in [1.82, 2.24) is 0 Å². The molecule has 1 aromatic heterocycles. The Hall–Kier alpha value is 0.410. The number of carbonyl (C=O) groups excluding carboxylic acids is 1. The largest absolute Gasteiger partial charge is 0.457 e. The van der Waals surface area contributed by atoms with Gasteiger partial charge in [-0.25, -0.2) is 0 Å². The summed E-state index contributed by atoms with van der Waals surface area (Å²) in [7, 11) is 0. The second-order valence-electron chi connectivity index (χ2n) is 1.79. The lowest BCUT2D eigenvalue weighted by Gasteiger charge is -1.88. The number of hydrogen-bond acceptors (Lipinski definition) is 2. The second-order valence-corrected chi connectivity index (χ2v) is 3.93. The van der Waals surface area contributed by atoms with Crippen molar-refractivity contribution in [3.63, 3.8) is 0 Å². The van der Waals surface area contributed by atoms with Crippen molar-refractivity contribution < 1.29 is 9.21 Å². The first-order valence-corrected chi connectivity index (χ1v) is 4.72. The molecule has 0 N–H and O–H groups in total. The van der Waals surface area contributed by atoms with E-state index in [2.05, 4.69) is 22.6 Å². The van der Waals surface area contributed by atoms with Crippen molar-refractivity contribution >= 4 is 51.0 Å². The quantitative estimate of drug-likeness (QED) is 0.568. The predicted molar refractivity (Wildman–Crippen MR) is 54.1 cm³/mol. The van der Waals surface area contributed by atoms with E-state index < -0.39 is 0 Å². The molecule has 0 saturated heterocycles. The minimum Gasteiger partial charge on any atom is -0.457 e. The van der Waals surface area contributed by atoms with Gasteiger partial charge in [-0.15, -0.1) is 0 Å². The lowest BCUT2D eigenvalue weighted by Crippen LogP contribution is -1.93. The lowest BCUT2D eigenvalue weighted by molar-refractivity contribution is 0.101. The molecule has 1 heterocycles. The maximum atomic E-state index is 10.9. The molecule has 0 aliphatic carbocycles. The summed E-state index contributed by atoms with van der Waals surface area (Å²) in [5, 5.41) is 0. The summed E-state index contributed by atoms with van der Waals surface area (Å²) >= 11 is 4.08. The molecule has 1 aromatic rings. The summed E-state index contributed by atoms with van der Waals surface area (Å²) in [5.74, 6) is 0.0579. The highest BCUT2D eigenvalue weighted by Crippen LogP contribution is 2.20. The number of rotatable bonds is 1. The highest BCUT2D eigenvalue weighted by Gasteiger charge is 2.12. The van der Waals surface area contributed by atoms with Gasteiger partial charge in [0.25, 0.3) is 0 Å². The molecule has 0 aliphatic heterocycles. The third-order valence-electron chi connectivity index (χ3n) is 1.05. The van der Waals surface area contributed by atoms with E-state index in [1.807, 2.05) is 22.6 Å². The fraction of sp³-hybridized carbons (Fsp3) is 0.167. The van der Waals surface area contributed by atoms with Gasteiger partial charge in [-0.05, 0) is 29.5 Å². The van der Waals surface area contributed by atoms with Gasteiger partial charge in [0.05, 0.1) is 9.13 Å². The van der Waals surface area contributed by atoms with Gasteiger partial charge >= 0.3 is 0 Å². The van der Waals surface area contributed by atoms with E-state index in [1.54, 1.807) is 6.26 Å². The van der Waals surface area contributed by atoms with E-state index in [-0.39, 0.29) is 5.78 Å². The van der Waals surface area contributed by atoms with Crippen molar-refractivity contribution in [3.8, 4) is 0 Å². The topological polar surface area (TPSA) is 30.2 Å². The average molecular weight is 362 g/mol. The first kappa shape index (κ1) is 8.51. The summed E-state index contributed by atoms with van der Waals surface area (Å²) in [6.45, 7) is 1.54.